The zero-order valence-electron chi connectivity index (χ0n) is 25.2. The van der Waals surface area contributed by atoms with Gasteiger partial charge in [-0.3, -0.25) is 0 Å². The third kappa shape index (κ3) is 7.99. The van der Waals surface area contributed by atoms with Gasteiger partial charge < -0.3 is 23.1 Å². The summed E-state index contributed by atoms with van der Waals surface area (Å²) < 4.78 is 92.7. The molecule has 0 bridgehead atoms. The number of methoxy groups -OCH3 is 1. The van der Waals surface area contributed by atoms with Gasteiger partial charge in [0.2, 0.25) is 0 Å². The first-order valence-electron chi connectivity index (χ1n) is 13.3. The Hall–Kier alpha value is -3.86. The van der Waals surface area contributed by atoms with Crippen LogP contribution in [0.3, 0.4) is 0 Å². The second-order valence-corrected chi connectivity index (χ2v) is 13.1. The molecule has 244 valence electrons. The van der Waals surface area contributed by atoms with Crippen molar-refractivity contribution < 1.29 is 59.1 Å². The van der Waals surface area contributed by atoms with E-state index in [1.807, 2.05) is 0 Å². The van der Waals surface area contributed by atoms with Crippen molar-refractivity contribution in [2.45, 2.75) is 83.7 Å². The van der Waals surface area contributed by atoms with Crippen molar-refractivity contribution >= 4 is 34.0 Å². The van der Waals surface area contributed by atoms with Crippen molar-refractivity contribution in [1.29, 1.82) is 0 Å². The normalized spacial score (nSPS) is 16.2. The Morgan fingerprint density at radius 3 is 2.05 bits per heavy atom. The van der Waals surface area contributed by atoms with Crippen molar-refractivity contribution in [1.82, 2.24) is 9.78 Å². The van der Waals surface area contributed by atoms with Crippen LogP contribution in [0.4, 0.5) is 28.4 Å². The van der Waals surface area contributed by atoms with Crippen LogP contribution in [0, 0.1) is 0 Å². The molecule has 2 amide bonds. The Morgan fingerprint density at radius 1 is 0.977 bits per heavy atom. The highest BCUT2D eigenvalue weighted by Crippen LogP contribution is 2.43. The number of carbonyl (C=O) groups excluding carboxylic acids is 3. The number of benzene rings is 1. The maximum Gasteiger partial charge on any atom is 0.534 e. The monoisotopic (exact) mass is 649 g/mol. The van der Waals surface area contributed by atoms with Crippen LogP contribution >= 0.6 is 0 Å². The molecule has 3 rings (SSSR count). The summed E-state index contributed by atoms with van der Waals surface area (Å²) >= 11 is 0. The Kier molecular flexibility index (Phi) is 9.94. The van der Waals surface area contributed by atoms with Crippen LogP contribution in [0.1, 0.15) is 77.4 Å². The largest absolute Gasteiger partial charge is 0.534 e. The summed E-state index contributed by atoms with van der Waals surface area (Å²) in [5, 5.41) is 4.18. The van der Waals surface area contributed by atoms with Gasteiger partial charge in [0.25, 0.3) is 0 Å². The molecule has 2 heterocycles. The van der Waals surface area contributed by atoms with Crippen molar-refractivity contribution in [3.05, 3.63) is 30.0 Å². The van der Waals surface area contributed by atoms with E-state index in [4.69, 9.17) is 18.9 Å². The lowest BCUT2D eigenvalue weighted by molar-refractivity contribution is -0.0500. The molecule has 0 radical (unpaired) electrons. The molecule has 44 heavy (non-hydrogen) atoms. The minimum absolute atomic E-state index is 0.00191. The van der Waals surface area contributed by atoms with Crippen LogP contribution in [0.15, 0.2) is 24.4 Å². The second-order valence-electron chi connectivity index (χ2n) is 11.6. The number of amides is 2. The molecule has 1 aromatic heterocycles. The summed E-state index contributed by atoms with van der Waals surface area (Å²) in [6.45, 7) is 9.21. The fraction of sp³-hybridized carbons (Fsp3) is 0.556. The third-order valence-electron chi connectivity index (χ3n) is 5.77. The molecule has 0 N–H and O–H groups in total. The summed E-state index contributed by atoms with van der Waals surface area (Å²) in [6, 6.07) is 3.41. The molecule has 0 spiro atoms. The molecule has 2 aromatic rings. The number of hydrogen-bond donors (Lipinski definition) is 0. The molecule has 17 heteroatoms. The maximum absolute atomic E-state index is 13.6. The zero-order valence-corrected chi connectivity index (χ0v) is 26.0. The summed E-state index contributed by atoms with van der Waals surface area (Å²) in [7, 11) is -5.57. The predicted molar refractivity (Wildman–Crippen MR) is 148 cm³/mol. The first-order valence-corrected chi connectivity index (χ1v) is 14.8. The second kappa shape index (κ2) is 12.6. The van der Waals surface area contributed by atoms with Gasteiger partial charge in [-0.25, -0.2) is 19.1 Å². The van der Waals surface area contributed by atoms with E-state index in [1.54, 1.807) is 0 Å². The summed E-state index contributed by atoms with van der Waals surface area (Å²) in [5.41, 5.74) is -10.5. The standard InChI is InChI=1S/C27H34F3N3O10S/c1-25(2,3)41-23(35)32(24(36)42-26(4,5)6)18-12-11-16(17-13-14-31-33(17)19-10-8-9-15-40-19)21(20(18)22(34)39-7)43-44(37,38)27(28,29)30/h11-14,19H,8-10,15H2,1-7H3. The molecular formula is C27H34F3N3O10S. The van der Waals surface area contributed by atoms with Gasteiger partial charge in [-0.1, -0.05) is 0 Å². The lowest BCUT2D eigenvalue weighted by atomic mass is 10.0. The summed E-state index contributed by atoms with van der Waals surface area (Å²) in [4.78, 5) is 40.2. The Morgan fingerprint density at radius 2 is 1.57 bits per heavy atom. The fourth-order valence-corrected chi connectivity index (χ4v) is 4.55. The number of alkyl halides is 3. The van der Waals surface area contributed by atoms with Gasteiger partial charge in [0.1, 0.15) is 16.8 Å². The smallest absolute Gasteiger partial charge is 0.465 e. The Labute approximate surface area is 252 Å². The van der Waals surface area contributed by atoms with Gasteiger partial charge in [0.15, 0.2) is 12.0 Å². The van der Waals surface area contributed by atoms with Gasteiger partial charge in [-0.2, -0.15) is 31.6 Å². The summed E-state index contributed by atoms with van der Waals surface area (Å²) in [6.07, 6.45) is -0.208. The molecule has 1 aliphatic rings. The quantitative estimate of drug-likeness (QED) is 0.158. The molecular weight excluding hydrogens is 615 g/mol. The number of hydrogen-bond acceptors (Lipinski definition) is 11. The number of esters is 1. The molecule has 1 aromatic carbocycles. The van der Waals surface area contributed by atoms with E-state index < -0.39 is 68.2 Å². The molecule has 1 atom stereocenters. The average molecular weight is 650 g/mol. The number of imide groups is 1. The minimum atomic E-state index is -6.43. The molecule has 13 nitrogen and oxygen atoms in total. The van der Waals surface area contributed by atoms with Crippen molar-refractivity contribution in [2.75, 3.05) is 18.6 Å². The number of anilines is 1. The Bertz CT molecular complexity index is 1470. The van der Waals surface area contributed by atoms with E-state index in [0.29, 0.717) is 13.0 Å². The lowest BCUT2D eigenvalue weighted by Gasteiger charge is -2.30. The van der Waals surface area contributed by atoms with Crippen LogP contribution in [0.5, 0.6) is 5.75 Å². The van der Waals surface area contributed by atoms with Crippen LogP contribution in [-0.4, -0.2) is 66.8 Å². The van der Waals surface area contributed by atoms with E-state index in [-0.39, 0.29) is 16.2 Å². The van der Waals surface area contributed by atoms with Crippen molar-refractivity contribution in [3.63, 3.8) is 0 Å². The van der Waals surface area contributed by atoms with Crippen LogP contribution in [0.2, 0.25) is 0 Å². The predicted octanol–water partition coefficient (Wildman–Crippen LogP) is 5.94. The highest BCUT2D eigenvalue weighted by molar-refractivity contribution is 7.88. The van der Waals surface area contributed by atoms with Gasteiger partial charge in [-0.05, 0) is 79.0 Å². The first kappa shape index (κ1) is 34.6. The lowest BCUT2D eigenvalue weighted by Crippen LogP contribution is -2.44. The van der Waals surface area contributed by atoms with E-state index in [2.05, 4.69) is 9.28 Å². The van der Waals surface area contributed by atoms with E-state index in [9.17, 15) is 36.0 Å². The van der Waals surface area contributed by atoms with Gasteiger partial charge in [0, 0.05) is 18.4 Å². The van der Waals surface area contributed by atoms with Gasteiger partial charge in [-0.15, -0.1) is 0 Å². The van der Waals surface area contributed by atoms with Crippen molar-refractivity contribution in [3.8, 4) is 17.0 Å². The van der Waals surface area contributed by atoms with E-state index >= 15 is 0 Å². The number of halogens is 3. The highest BCUT2D eigenvalue weighted by atomic mass is 32.2. The van der Waals surface area contributed by atoms with Crippen LogP contribution in [0.25, 0.3) is 11.3 Å². The topological polar surface area (TPSA) is 153 Å². The SMILES string of the molecule is COC(=O)c1c(N(C(=O)OC(C)(C)C)C(=O)OC(C)(C)C)ccc(-c2ccnn2C2CCCCO2)c1OS(=O)(=O)C(F)(F)F. The molecule has 0 saturated carbocycles. The summed E-state index contributed by atoms with van der Waals surface area (Å²) in [5.74, 6) is -2.65. The molecule has 1 fully saturated rings. The van der Waals surface area contributed by atoms with Crippen LogP contribution in [-0.2, 0) is 29.1 Å². The zero-order chi connectivity index (χ0) is 33.3. The number of aromatic nitrogens is 2. The molecule has 0 aliphatic carbocycles. The van der Waals surface area contributed by atoms with Gasteiger partial charge in [0.05, 0.1) is 18.5 Å². The Balaban J connectivity index is 2.41. The van der Waals surface area contributed by atoms with Crippen molar-refractivity contribution in [2.24, 2.45) is 0 Å². The maximum atomic E-state index is 13.6. The fourth-order valence-electron chi connectivity index (χ4n) is 4.06. The molecule has 1 unspecified atom stereocenters. The number of carbonyl (C=O) groups is 3. The first-order chi connectivity index (χ1) is 20.2. The minimum Gasteiger partial charge on any atom is -0.465 e. The third-order valence-corrected chi connectivity index (χ3v) is 6.72. The number of ether oxygens (including phenoxy) is 4. The van der Waals surface area contributed by atoms with E-state index in [1.165, 1.54) is 58.5 Å². The van der Waals surface area contributed by atoms with Crippen LogP contribution < -0.4 is 9.08 Å². The number of nitrogens with zero attached hydrogens (tertiary/aromatic N) is 3. The molecule has 1 aliphatic heterocycles. The average Bonchev–Trinajstić information content (AvgIpc) is 3.36. The van der Waals surface area contributed by atoms with Gasteiger partial charge >= 0.3 is 33.8 Å². The van der Waals surface area contributed by atoms with E-state index in [0.717, 1.165) is 32.1 Å². The number of rotatable bonds is 6. The molecule has 1 saturated heterocycles. The highest BCUT2D eigenvalue weighted by Gasteiger charge is 2.50.